The molecule has 3 heteroatoms. The van der Waals surface area contributed by atoms with Gasteiger partial charge in [0.2, 0.25) is 0 Å². The maximum absolute atomic E-state index is 11.8. The average Bonchev–Trinajstić information content (AvgIpc) is 2.38. The molecule has 0 heterocycles. The van der Waals surface area contributed by atoms with E-state index in [-0.39, 0.29) is 5.97 Å². The molecule has 0 N–H and O–H groups in total. The Balaban J connectivity index is 2.41. The number of carbonyl (C=O) groups is 1. The fourth-order valence-corrected chi connectivity index (χ4v) is 2.99. The molecule has 0 aliphatic heterocycles. The molecule has 0 amide bonds. The summed E-state index contributed by atoms with van der Waals surface area (Å²) in [6.07, 6.45) is 3.49. The van der Waals surface area contributed by atoms with E-state index in [0.29, 0.717) is 6.42 Å². The standard InChI is InChI=1S/C16H23NO2/c1-4-15(18)19-16(12-17(2)3)11-7-9-13-8-5-6-10-14(13)16/h5-6,8,10H,4,7,9,11-12H2,1-3H3. The van der Waals surface area contributed by atoms with Gasteiger partial charge in [0.15, 0.2) is 0 Å². The van der Waals surface area contributed by atoms with Crippen LogP contribution in [0.5, 0.6) is 0 Å². The summed E-state index contributed by atoms with van der Waals surface area (Å²) in [6.45, 7) is 2.59. The van der Waals surface area contributed by atoms with Gasteiger partial charge in [-0.25, -0.2) is 0 Å². The van der Waals surface area contributed by atoms with Gasteiger partial charge in [-0.1, -0.05) is 31.2 Å². The number of aryl methyl sites for hydroxylation is 1. The van der Waals surface area contributed by atoms with Crippen LogP contribution in [-0.4, -0.2) is 31.5 Å². The summed E-state index contributed by atoms with van der Waals surface area (Å²) < 4.78 is 5.88. The van der Waals surface area contributed by atoms with Gasteiger partial charge < -0.3 is 9.64 Å². The number of carbonyl (C=O) groups excluding carboxylic acids is 1. The molecule has 2 rings (SSSR count). The number of fused-ring (bicyclic) bond motifs is 1. The van der Waals surface area contributed by atoms with Crippen molar-refractivity contribution in [1.82, 2.24) is 4.90 Å². The van der Waals surface area contributed by atoms with Crippen LogP contribution in [0.1, 0.15) is 37.3 Å². The molecule has 1 aliphatic carbocycles. The van der Waals surface area contributed by atoms with Gasteiger partial charge in [0.1, 0.15) is 5.60 Å². The molecule has 0 aromatic heterocycles. The molecule has 0 spiro atoms. The van der Waals surface area contributed by atoms with E-state index in [1.807, 2.05) is 27.1 Å². The molecule has 1 aromatic carbocycles. The maximum Gasteiger partial charge on any atom is 0.306 e. The van der Waals surface area contributed by atoms with Crippen molar-refractivity contribution in [3.63, 3.8) is 0 Å². The maximum atomic E-state index is 11.8. The molecular formula is C16H23NO2. The number of benzene rings is 1. The molecular weight excluding hydrogens is 238 g/mol. The summed E-state index contributed by atoms with van der Waals surface area (Å²) in [7, 11) is 4.05. The highest BCUT2D eigenvalue weighted by molar-refractivity contribution is 5.70. The van der Waals surface area contributed by atoms with Crippen molar-refractivity contribution in [3.05, 3.63) is 35.4 Å². The van der Waals surface area contributed by atoms with Crippen molar-refractivity contribution in [2.24, 2.45) is 0 Å². The highest BCUT2D eigenvalue weighted by Crippen LogP contribution is 2.39. The zero-order valence-corrected chi connectivity index (χ0v) is 12.1. The molecule has 0 fully saturated rings. The Labute approximate surface area is 115 Å². The molecule has 0 radical (unpaired) electrons. The van der Waals surface area contributed by atoms with E-state index in [2.05, 4.69) is 23.1 Å². The molecule has 0 saturated heterocycles. The van der Waals surface area contributed by atoms with Gasteiger partial charge in [-0.3, -0.25) is 4.79 Å². The van der Waals surface area contributed by atoms with Crippen LogP contribution >= 0.6 is 0 Å². The third-order valence-corrected chi connectivity index (χ3v) is 3.70. The van der Waals surface area contributed by atoms with Gasteiger partial charge in [-0.15, -0.1) is 0 Å². The normalized spacial score (nSPS) is 22.1. The Bertz CT molecular complexity index is 456. The summed E-state index contributed by atoms with van der Waals surface area (Å²) in [6, 6.07) is 8.36. The van der Waals surface area contributed by atoms with E-state index in [9.17, 15) is 4.79 Å². The summed E-state index contributed by atoms with van der Waals surface area (Å²) in [5, 5.41) is 0. The smallest absolute Gasteiger partial charge is 0.306 e. The van der Waals surface area contributed by atoms with Gasteiger partial charge in [0, 0.05) is 13.0 Å². The molecule has 1 atom stereocenters. The van der Waals surface area contributed by atoms with Crippen LogP contribution in [-0.2, 0) is 21.6 Å². The number of esters is 1. The molecule has 1 aromatic rings. The SMILES string of the molecule is CCC(=O)OC1(CN(C)C)CCCc2ccccc21. The third-order valence-electron chi connectivity index (χ3n) is 3.70. The lowest BCUT2D eigenvalue weighted by molar-refractivity contribution is -0.164. The topological polar surface area (TPSA) is 29.5 Å². The minimum atomic E-state index is -0.467. The summed E-state index contributed by atoms with van der Waals surface area (Å²) in [5.41, 5.74) is 2.04. The first-order valence-electron chi connectivity index (χ1n) is 7.02. The molecule has 0 saturated carbocycles. The first-order chi connectivity index (χ1) is 9.07. The zero-order valence-electron chi connectivity index (χ0n) is 12.1. The Kier molecular flexibility index (Phi) is 4.25. The van der Waals surface area contributed by atoms with Crippen molar-refractivity contribution in [2.75, 3.05) is 20.6 Å². The molecule has 0 bridgehead atoms. The molecule has 104 valence electrons. The Morgan fingerprint density at radius 3 is 2.79 bits per heavy atom. The van der Waals surface area contributed by atoms with E-state index in [1.54, 1.807) is 0 Å². The lowest BCUT2D eigenvalue weighted by atomic mass is 9.78. The lowest BCUT2D eigenvalue weighted by Gasteiger charge is -2.40. The second-order valence-corrected chi connectivity index (χ2v) is 5.57. The lowest BCUT2D eigenvalue weighted by Crippen LogP contribution is -2.44. The highest BCUT2D eigenvalue weighted by atomic mass is 16.6. The van der Waals surface area contributed by atoms with E-state index in [1.165, 1.54) is 11.1 Å². The van der Waals surface area contributed by atoms with Gasteiger partial charge in [-0.05, 0) is 44.5 Å². The molecule has 1 unspecified atom stereocenters. The van der Waals surface area contributed by atoms with Crippen LogP contribution in [0.2, 0.25) is 0 Å². The number of ether oxygens (including phenoxy) is 1. The monoisotopic (exact) mass is 261 g/mol. The third kappa shape index (κ3) is 2.98. The molecule has 19 heavy (non-hydrogen) atoms. The van der Waals surface area contributed by atoms with Crippen LogP contribution in [0, 0.1) is 0 Å². The van der Waals surface area contributed by atoms with Gasteiger partial charge in [0.25, 0.3) is 0 Å². The van der Waals surface area contributed by atoms with E-state index >= 15 is 0 Å². The molecule has 1 aliphatic rings. The van der Waals surface area contributed by atoms with Crippen LogP contribution in [0.3, 0.4) is 0 Å². The summed E-state index contributed by atoms with van der Waals surface area (Å²) in [4.78, 5) is 13.9. The van der Waals surface area contributed by atoms with Gasteiger partial charge >= 0.3 is 5.97 Å². The van der Waals surface area contributed by atoms with Crippen molar-refractivity contribution in [2.45, 2.75) is 38.2 Å². The number of likely N-dealkylation sites (N-methyl/N-ethyl adjacent to an activating group) is 1. The minimum absolute atomic E-state index is 0.112. The number of nitrogens with zero attached hydrogens (tertiary/aromatic N) is 1. The van der Waals surface area contributed by atoms with E-state index < -0.39 is 5.60 Å². The largest absolute Gasteiger partial charge is 0.453 e. The number of hydrogen-bond acceptors (Lipinski definition) is 3. The van der Waals surface area contributed by atoms with Crippen molar-refractivity contribution >= 4 is 5.97 Å². The quantitative estimate of drug-likeness (QED) is 0.781. The van der Waals surface area contributed by atoms with Crippen molar-refractivity contribution in [1.29, 1.82) is 0 Å². The second kappa shape index (κ2) is 5.74. The predicted octanol–water partition coefficient (Wildman–Crippen LogP) is 2.73. The fourth-order valence-electron chi connectivity index (χ4n) is 2.99. The van der Waals surface area contributed by atoms with E-state index in [0.717, 1.165) is 25.8 Å². The van der Waals surface area contributed by atoms with Crippen molar-refractivity contribution in [3.8, 4) is 0 Å². The van der Waals surface area contributed by atoms with Crippen LogP contribution in [0.15, 0.2) is 24.3 Å². The average molecular weight is 261 g/mol. The number of hydrogen-bond donors (Lipinski definition) is 0. The second-order valence-electron chi connectivity index (χ2n) is 5.57. The first-order valence-corrected chi connectivity index (χ1v) is 7.02. The predicted molar refractivity (Wildman–Crippen MR) is 76.0 cm³/mol. The van der Waals surface area contributed by atoms with E-state index in [4.69, 9.17) is 4.74 Å². The zero-order chi connectivity index (χ0) is 13.9. The minimum Gasteiger partial charge on any atom is -0.453 e. The highest BCUT2D eigenvalue weighted by Gasteiger charge is 2.40. The fraction of sp³-hybridized carbons (Fsp3) is 0.562. The van der Waals surface area contributed by atoms with Gasteiger partial charge in [-0.2, -0.15) is 0 Å². The Hall–Kier alpha value is -1.35. The Morgan fingerprint density at radius 1 is 1.37 bits per heavy atom. The van der Waals surface area contributed by atoms with Crippen LogP contribution in [0.4, 0.5) is 0 Å². The summed E-state index contributed by atoms with van der Waals surface area (Å²) >= 11 is 0. The summed E-state index contributed by atoms with van der Waals surface area (Å²) in [5.74, 6) is -0.112. The van der Waals surface area contributed by atoms with Crippen molar-refractivity contribution < 1.29 is 9.53 Å². The number of rotatable bonds is 4. The first kappa shape index (κ1) is 14.1. The van der Waals surface area contributed by atoms with Gasteiger partial charge in [0.05, 0.1) is 0 Å². The Morgan fingerprint density at radius 2 is 2.11 bits per heavy atom. The van der Waals surface area contributed by atoms with Crippen LogP contribution in [0.25, 0.3) is 0 Å². The molecule has 3 nitrogen and oxygen atoms in total. The van der Waals surface area contributed by atoms with Crippen LogP contribution < -0.4 is 0 Å².